The van der Waals surface area contributed by atoms with Crippen molar-refractivity contribution < 1.29 is 9.84 Å². The smallest absolute Gasteiger partial charge is 0.163 e. The Morgan fingerprint density at radius 2 is 2.04 bits per heavy atom. The highest BCUT2D eigenvalue weighted by Crippen LogP contribution is 2.18. The molecular weight excluding hydrogens is 296 g/mol. The van der Waals surface area contributed by atoms with E-state index in [0.717, 1.165) is 43.0 Å². The van der Waals surface area contributed by atoms with Gasteiger partial charge in [-0.15, -0.1) is 0 Å². The predicted octanol–water partition coefficient (Wildman–Crippen LogP) is 0.340. The molecule has 1 aliphatic heterocycles. The van der Waals surface area contributed by atoms with E-state index in [1.807, 2.05) is 0 Å². The number of ether oxygens (including phenoxy) is 1. The van der Waals surface area contributed by atoms with Crippen molar-refractivity contribution in [1.82, 2.24) is 24.6 Å². The molecule has 23 heavy (non-hydrogen) atoms. The molecule has 126 valence electrons. The van der Waals surface area contributed by atoms with Crippen LogP contribution in [0.25, 0.3) is 11.0 Å². The molecule has 0 aliphatic carbocycles. The largest absolute Gasteiger partial charge is 0.394 e. The molecule has 8 nitrogen and oxygen atoms in total. The first-order chi connectivity index (χ1) is 11.2. The van der Waals surface area contributed by atoms with Crippen molar-refractivity contribution >= 4 is 16.9 Å². The number of aliphatic hydroxyl groups is 1. The maximum atomic E-state index is 9.06. The number of hydrogen-bond acceptors (Lipinski definition) is 7. The molecule has 8 heteroatoms. The Balaban J connectivity index is 1.61. The number of anilines is 1. The van der Waals surface area contributed by atoms with Crippen LogP contribution in [-0.4, -0.2) is 74.7 Å². The van der Waals surface area contributed by atoms with Crippen molar-refractivity contribution in [3.05, 3.63) is 12.5 Å². The molecular formula is C15H24N6O2. The van der Waals surface area contributed by atoms with Crippen molar-refractivity contribution in [2.24, 2.45) is 0 Å². The molecule has 1 fully saturated rings. The normalized spacial score (nSPS) is 22.6. The molecule has 0 bridgehead atoms. The van der Waals surface area contributed by atoms with Gasteiger partial charge in [0.25, 0.3) is 0 Å². The Bertz CT molecular complexity index is 636. The minimum Gasteiger partial charge on any atom is -0.394 e. The molecule has 2 N–H and O–H groups in total. The average molecular weight is 320 g/mol. The van der Waals surface area contributed by atoms with Gasteiger partial charge in [-0.25, -0.2) is 14.6 Å². The first kappa shape index (κ1) is 16.1. The van der Waals surface area contributed by atoms with Gasteiger partial charge in [0.1, 0.15) is 12.1 Å². The van der Waals surface area contributed by atoms with Crippen LogP contribution >= 0.6 is 0 Å². The van der Waals surface area contributed by atoms with E-state index in [-0.39, 0.29) is 18.8 Å². The van der Waals surface area contributed by atoms with Crippen molar-refractivity contribution in [3.63, 3.8) is 0 Å². The van der Waals surface area contributed by atoms with Crippen molar-refractivity contribution in [1.29, 1.82) is 0 Å². The molecule has 1 saturated heterocycles. The zero-order chi connectivity index (χ0) is 16.2. The fourth-order valence-electron chi connectivity index (χ4n) is 3.09. The first-order valence-corrected chi connectivity index (χ1v) is 8.06. The third-order valence-electron chi connectivity index (χ3n) is 3.96. The maximum Gasteiger partial charge on any atom is 0.163 e. The topological polar surface area (TPSA) is 88.3 Å². The number of rotatable bonds is 6. The summed E-state index contributed by atoms with van der Waals surface area (Å²) >= 11 is 0. The summed E-state index contributed by atoms with van der Waals surface area (Å²) in [6, 6.07) is 0. The number of nitrogens with zero attached hydrogens (tertiary/aromatic N) is 5. The number of nitrogens with one attached hydrogen (secondary N) is 1. The third-order valence-corrected chi connectivity index (χ3v) is 3.96. The molecule has 3 rings (SSSR count). The minimum atomic E-state index is 0.0386. The van der Waals surface area contributed by atoms with Gasteiger partial charge in [-0.2, -0.15) is 5.10 Å². The highest BCUT2D eigenvalue weighted by atomic mass is 16.5. The average Bonchev–Trinajstić information content (AvgIpc) is 2.91. The van der Waals surface area contributed by atoms with Crippen LogP contribution < -0.4 is 5.32 Å². The van der Waals surface area contributed by atoms with E-state index < -0.39 is 0 Å². The Hall–Kier alpha value is -1.77. The summed E-state index contributed by atoms with van der Waals surface area (Å²) in [5.74, 6) is 0.786. The van der Waals surface area contributed by atoms with Gasteiger partial charge in [-0.3, -0.25) is 4.90 Å². The molecule has 3 heterocycles. The molecule has 0 radical (unpaired) electrons. The molecule has 2 atom stereocenters. The van der Waals surface area contributed by atoms with Gasteiger partial charge in [0.15, 0.2) is 5.65 Å². The van der Waals surface area contributed by atoms with Crippen LogP contribution in [0.3, 0.4) is 0 Å². The summed E-state index contributed by atoms with van der Waals surface area (Å²) in [5.41, 5.74) is 0.741. The first-order valence-electron chi connectivity index (χ1n) is 8.06. The highest BCUT2D eigenvalue weighted by molar-refractivity contribution is 5.85. The lowest BCUT2D eigenvalue weighted by Crippen LogP contribution is -2.46. The zero-order valence-electron chi connectivity index (χ0n) is 13.6. The van der Waals surface area contributed by atoms with Gasteiger partial charge >= 0.3 is 0 Å². The van der Waals surface area contributed by atoms with Crippen LogP contribution in [0.5, 0.6) is 0 Å². The molecule has 2 unspecified atom stereocenters. The van der Waals surface area contributed by atoms with Crippen LogP contribution in [0.2, 0.25) is 0 Å². The summed E-state index contributed by atoms with van der Waals surface area (Å²) < 4.78 is 7.44. The number of hydrogen-bond donors (Lipinski definition) is 2. The van der Waals surface area contributed by atoms with E-state index in [9.17, 15) is 0 Å². The fourth-order valence-corrected chi connectivity index (χ4v) is 3.09. The van der Waals surface area contributed by atoms with E-state index in [2.05, 4.69) is 39.1 Å². The molecule has 2 aromatic rings. The predicted molar refractivity (Wildman–Crippen MR) is 87.3 cm³/mol. The van der Waals surface area contributed by atoms with Gasteiger partial charge in [-0.05, 0) is 13.8 Å². The SMILES string of the molecule is CC1CN(CCNc2ncnc3c2cnn3CCO)CC(C)O1. The van der Waals surface area contributed by atoms with Crippen LogP contribution in [0.1, 0.15) is 13.8 Å². The van der Waals surface area contributed by atoms with Crippen LogP contribution in [-0.2, 0) is 11.3 Å². The monoisotopic (exact) mass is 320 g/mol. The Morgan fingerprint density at radius 3 is 2.78 bits per heavy atom. The summed E-state index contributed by atoms with van der Waals surface area (Å²) in [7, 11) is 0. The molecule has 0 spiro atoms. The van der Waals surface area contributed by atoms with Gasteiger partial charge in [0.05, 0.1) is 36.9 Å². The van der Waals surface area contributed by atoms with E-state index in [0.29, 0.717) is 6.54 Å². The summed E-state index contributed by atoms with van der Waals surface area (Å²) in [4.78, 5) is 11.0. The van der Waals surface area contributed by atoms with Crippen molar-refractivity contribution in [3.8, 4) is 0 Å². The zero-order valence-corrected chi connectivity index (χ0v) is 13.6. The standard InChI is InChI=1S/C15H24N6O2/c1-11-8-20(9-12(2)23-11)4-3-16-14-13-7-19-21(5-6-22)15(13)18-10-17-14/h7,10-12,22H,3-6,8-9H2,1-2H3,(H,16,17,18). The molecule has 2 aromatic heterocycles. The minimum absolute atomic E-state index is 0.0386. The van der Waals surface area contributed by atoms with Crippen LogP contribution in [0.15, 0.2) is 12.5 Å². The third kappa shape index (κ3) is 3.77. The Morgan fingerprint density at radius 1 is 1.26 bits per heavy atom. The van der Waals surface area contributed by atoms with E-state index in [1.165, 1.54) is 6.33 Å². The lowest BCUT2D eigenvalue weighted by Gasteiger charge is -2.35. The lowest BCUT2D eigenvalue weighted by molar-refractivity contribution is -0.0667. The number of morpholine rings is 1. The van der Waals surface area contributed by atoms with Crippen LogP contribution in [0.4, 0.5) is 5.82 Å². The quantitative estimate of drug-likeness (QED) is 0.793. The van der Waals surface area contributed by atoms with Crippen LogP contribution in [0, 0.1) is 0 Å². The molecule has 0 saturated carbocycles. The second kappa shape index (κ2) is 7.20. The van der Waals surface area contributed by atoms with Crippen molar-refractivity contribution in [2.75, 3.05) is 38.1 Å². The highest BCUT2D eigenvalue weighted by Gasteiger charge is 2.21. The van der Waals surface area contributed by atoms with Gasteiger partial charge in [-0.1, -0.05) is 0 Å². The molecule has 0 aromatic carbocycles. The van der Waals surface area contributed by atoms with E-state index >= 15 is 0 Å². The van der Waals surface area contributed by atoms with Gasteiger partial charge in [0, 0.05) is 26.2 Å². The van der Waals surface area contributed by atoms with Crippen molar-refractivity contribution in [2.45, 2.75) is 32.6 Å². The molecule has 1 aliphatic rings. The second-order valence-corrected chi connectivity index (χ2v) is 5.99. The van der Waals surface area contributed by atoms with Gasteiger partial charge < -0.3 is 15.2 Å². The lowest BCUT2D eigenvalue weighted by atomic mass is 10.2. The van der Waals surface area contributed by atoms with E-state index in [1.54, 1.807) is 10.9 Å². The number of fused-ring (bicyclic) bond motifs is 1. The van der Waals surface area contributed by atoms with E-state index in [4.69, 9.17) is 9.84 Å². The van der Waals surface area contributed by atoms with Gasteiger partial charge in [0.2, 0.25) is 0 Å². The maximum absolute atomic E-state index is 9.06. The number of aliphatic hydroxyl groups excluding tert-OH is 1. The fraction of sp³-hybridized carbons (Fsp3) is 0.667. The number of aromatic nitrogens is 4. The summed E-state index contributed by atoms with van der Waals surface area (Å²) in [6.45, 7) is 8.35. The second-order valence-electron chi connectivity index (χ2n) is 5.99. The molecule has 0 amide bonds. The Kier molecular flexibility index (Phi) is 5.04. The Labute approximate surface area is 135 Å². The summed E-state index contributed by atoms with van der Waals surface area (Å²) in [5, 5.41) is 17.6. The summed E-state index contributed by atoms with van der Waals surface area (Å²) in [6.07, 6.45) is 3.83.